The van der Waals surface area contributed by atoms with Crippen molar-refractivity contribution in [2.75, 3.05) is 6.54 Å². The van der Waals surface area contributed by atoms with E-state index in [1.165, 1.54) is 56.0 Å². The fraction of sp³-hybridized carbons (Fsp3) is 0.391. The number of benzene rings is 1. The number of nitrogens with zero attached hydrogens (tertiary/aromatic N) is 4. The van der Waals surface area contributed by atoms with Crippen LogP contribution in [0.1, 0.15) is 39.0 Å². The predicted molar refractivity (Wildman–Crippen MR) is 119 cm³/mol. The van der Waals surface area contributed by atoms with Gasteiger partial charge in [-0.3, -0.25) is 14.3 Å². The van der Waals surface area contributed by atoms with Crippen molar-refractivity contribution in [2.24, 2.45) is 5.92 Å². The number of hydrogen-bond acceptors (Lipinski definition) is 5. The Bertz CT molecular complexity index is 1000. The molecule has 0 aliphatic heterocycles. The number of carbonyl (C=O) groups is 1. The van der Waals surface area contributed by atoms with Crippen molar-refractivity contribution in [1.82, 2.24) is 25.1 Å². The zero-order valence-electron chi connectivity index (χ0n) is 17.5. The lowest BCUT2D eigenvalue weighted by molar-refractivity contribution is -0.120. The highest BCUT2D eigenvalue weighted by atomic mass is 32.2. The molecule has 8 heteroatoms. The maximum atomic E-state index is 13.5. The van der Waals surface area contributed by atoms with Gasteiger partial charge in [-0.05, 0) is 62.1 Å². The summed E-state index contributed by atoms with van der Waals surface area (Å²) in [4.78, 5) is 16.8. The van der Waals surface area contributed by atoms with Crippen molar-refractivity contribution < 1.29 is 9.18 Å². The summed E-state index contributed by atoms with van der Waals surface area (Å²) in [5, 5.41) is 12.1. The van der Waals surface area contributed by atoms with Crippen LogP contribution < -0.4 is 5.32 Å². The Kier molecular flexibility index (Phi) is 6.96. The highest BCUT2D eigenvalue weighted by Gasteiger charge is 2.23. The van der Waals surface area contributed by atoms with Gasteiger partial charge in [0.1, 0.15) is 5.82 Å². The number of aromatic nitrogens is 4. The van der Waals surface area contributed by atoms with Gasteiger partial charge in [-0.25, -0.2) is 4.39 Å². The molecular weight excluding hydrogens is 413 g/mol. The van der Waals surface area contributed by atoms with Gasteiger partial charge < -0.3 is 5.32 Å². The molecule has 31 heavy (non-hydrogen) atoms. The highest BCUT2D eigenvalue weighted by Crippen LogP contribution is 2.30. The maximum absolute atomic E-state index is 13.5. The number of carbonyl (C=O) groups excluding carboxylic acids is 1. The third-order valence-corrected chi connectivity index (χ3v) is 6.64. The van der Waals surface area contributed by atoms with Crippen LogP contribution in [0.3, 0.4) is 0 Å². The minimum Gasteiger partial charge on any atom is -0.355 e. The summed E-state index contributed by atoms with van der Waals surface area (Å²) in [6, 6.07) is 9.86. The van der Waals surface area contributed by atoms with E-state index in [4.69, 9.17) is 0 Å². The lowest BCUT2D eigenvalue weighted by Crippen LogP contribution is -2.35. The summed E-state index contributed by atoms with van der Waals surface area (Å²) in [5.41, 5.74) is 1.57. The third-order valence-electron chi connectivity index (χ3n) is 5.60. The summed E-state index contributed by atoms with van der Waals surface area (Å²) >= 11 is 1.35. The summed E-state index contributed by atoms with van der Waals surface area (Å²) in [6.07, 6.45) is 9.56. The van der Waals surface area contributed by atoms with E-state index < -0.39 is 0 Å². The molecule has 1 atom stereocenters. The van der Waals surface area contributed by atoms with Crippen LogP contribution >= 0.6 is 11.8 Å². The van der Waals surface area contributed by atoms with Crippen molar-refractivity contribution in [2.45, 2.75) is 49.4 Å². The van der Waals surface area contributed by atoms with Crippen LogP contribution in [0.15, 0.2) is 53.9 Å². The maximum Gasteiger partial charge on any atom is 0.233 e. The summed E-state index contributed by atoms with van der Waals surface area (Å²) in [6.45, 7) is 2.60. The molecule has 2 heterocycles. The van der Waals surface area contributed by atoms with Crippen LogP contribution in [0.5, 0.6) is 0 Å². The van der Waals surface area contributed by atoms with Gasteiger partial charge in [0.15, 0.2) is 11.0 Å². The summed E-state index contributed by atoms with van der Waals surface area (Å²) in [7, 11) is 0. The highest BCUT2D eigenvalue weighted by molar-refractivity contribution is 8.00. The van der Waals surface area contributed by atoms with E-state index in [0.717, 1.165) is 17.8 Å². The van der Waals surface area contributed by atoms with Gasteiger partial charge in [0.2, 0.25) is 5.91 Å². The number of pyridine rings is 1. The van der Waals surface area contributed by atoms with E-state index in [0.29, 0.717) is 16.9 Å². The molecule has 6 nitrogen and oxygen atoms in total. The molecule has 0 saturated heterocycles. The van der Waals surface area contributed by atoms with Crippen LogP contribution in [0, 0.1) is 11.7 Å². The number of halogens is 1. The third kappa shape index (κ3) is 5.31. The van der Waals surface area contributed by atoms with Gasteiger partial charge in [-0.1, -0.05) is 31.0 Å². The molecule has 1 aromatic carbocycles. The quantitative estimate of drug-likeness (QED) is 0.543. The van der Waals surface area contributed by atoms with Crippen LogP contribution in [0.2, 0.25) is 0 Å². The van der Waals surface area contributed by atoms with Gasteiger partial charge in [0, 0.05) is 30.2 Å². The van der Waals surface area contributed by atoms with E-state index in [2.05, 4.69) is 20.5 Å². The SMILES string of the molecule is CC(Sc1nnc(-c2ccncc2)n1-c1ccc(F)cc1)C(=O)NCC1CCCCC1. The largest absolute Gasteiger partial charge is 0.355 e. The van der Waals surface area contributed by atoms with E-state index in [-0.39, 0.29) is 17.0 Å². The van der Waals surface area contributed by atoms with E-state index in [1.54, 1.807) is 24.5 Å². The van der Waals surface area contributed by atoms with Gasteiger partial charge in [-0.15, -0.1) is 10.2 Å². The number of nitrogens with one attached hydrogen (secondary N) is 1. The normalized spacial score (nSPS) is 15.5. The number of thioether (sulfide) groups is 1. The van der Waals surface area contributed by atoms with Crippen LogP contribution in [-0.2, 0) is 4.79 Å². The standard InChI is InChI=1S/C23H26FN5OS/c1-16(22(30)26-15-17-5-3-2-4-6-17)31-23-28-27-21(18-11-13-25-14-12-18)29(23)20-9-7-19(24)8-10-20/h7-14,16-17H,2-6,15H2,1H3,(H,26,30). The second-order valence-corrected chi connectivity index (χ2v) is 9.17. The molecule has 1 saturated carbocycles. The smallest absolute Gasteiger partial charge is 0.233 e. The monoisotopic (exact) mass is 439 g/mol. The van der Waals surface area contributed by atoms with Gasteiger partial charge in [-0.2, -0.15) is 0 Å². The average Bonchev–Trinajstić information content (AvgIpc) is 3.22. The average molecular weight is 440 g/mol. The zero-order chi connectivity index (χ0) is 21.6. The molecule has 1 unspecified atom stereocenters. The van der Waals surface area contributed by atoms with Crippen molar-refractivity contribution in [1.29, 1.82) is 0 Å². The Morgan fingerprint density at radius 3 is 2.55 bits per heavy atom. The molecule has 1 N–H and O–H groups in total. The fourth-order valence-corrected chi connectivity index (χ4v) is 4.74. The second kappa shape index (κ2) is 10.0. The van der Waals surface area contributed by atoms with Crippen molar-refractivity contribution in [3.8, 4) is 17.1 Å². The second-order valence-electron chi connectivity index (χ2n) is 7.86. The molecule has 162 valence electrons. The Labute approximate surface area is 185 Å². The van der Waals surface area contributed by atoms with E-state index in [1.807, 2.05) is 23.6 Å². The van der Waals surface area contributed by atoms with Gasteiger partial charge in [0.05, 0.1) is 5.25 Å². The molecule has 2 aromatic heterocycles. The fourth-order valence-electron chi connectivity index (χ4n) is 3.85. The van der Waals surface area contributed by atoms with Gasteiger partial charge >= 0.3 is 0 Å². The first-order valence-corrected chi connectivity index (χ1v) is 11.6. The Balaban J connectivity index is 1.54. The first-order valence-electron chi connectivity index (χ1n) is 10.7. The number of hydrogen-bond donors (Lipinski definition) is 1. The number of rotatable bonds is 7. The molecule has 3 aromatic rings. The first-order chi connectivity index (χ1) is 15.1. The van der Waals surface area contributed by atoms with E-state index >= 15 is 0 Å². The molecule has 4 rings (SSSR count). The minimum atomic E-state index is -0.336. The predicted octanol–water partition coefficient (Wildman–Crippen LogP) is 4.65. The Morgan fingerprint density at radius 2 is 1.84 bits per heavy atom. The lowest BCUT2D eigenvalue weighted by atomic mass is 9.89. The molecule has 1 amide bonds. The Morgan fingerprint density at radius 1 is 1.13 bits per heavy atom. The number of amides is 1. The van der Waals surface area contributed by atoms with Crippen molar-refractivity contribution in [3.05, 3.63) is 54.6 Å². The molecule has 0 radical (unpaired) electrons. The van der Waals surface area contributed by atoms with Gasteiger partial charge in [0.25, 0.3) is 0 Å². The van der Waals surface area contributed by atoms with Crippen LogP contribution in [0.4, 0.5) is 4.39 Å². The van der Waals surface area contributed by atoms with E-state index in [9.17, 15) is 9.18 Å². The van der Waals surface area contributed by atoms with Crippen molar-refractivity contribution in [3.63, 3.8) is 0 Å². The van der Waals surface area contributed by atoms with Crippen molar-refractivity contribution >= 4 is 17.7 Å². The van der Waals surface area contributed by atoms with Crippen LogP contribution in [0.25, 0.3) is 17.1 Å². The molecule has 0 spiro atoms. The molecule has 0 bridgehead atoms. The zero-order valence-corrected chi connectivity index (χ0v) is 18.3. The first kappa shape index (κ1) is 21.5. The lowest BCUT2D eigenvalue weighted by Gasteiger charge is -2.22. The molecule has 1 aliphatic carbocycles. The van der Waals surface area contributed by atoms with Crippen LogP contribution in [-0.4, -0.2) is 37.5 Å². The molecule has 1 fully saturated rings. The summed E-state index contributed by atoms with van der Waals surface area (Å²) in [5.74, 6) is 0.879. The summed E-state index contributed by atoms with van der Waals surface area (Å²) < 4.78 is 15.4. The topological polar surface area (TPSA) is 72.7 Å². The minimum absolute atomic E-state index is 0.00492. The Hall–Kier alpha value is -2.74. The molecular formula is C23H26FN5OS. The molecule has 1 aliphatic rings.